The molecule has 0 saturated carbocycles. The molecule has 1 fully saturated rings. The van der Waals surface area contributed by atoms with E-state index in [0.717, 1.165) is 43.5 Å². The standard InChI is InChI=1S/C14H19N3OS/c1-11(10-17-6-8-18-9-7-17)15-14-16-12-4-2-3-5-13(12)19-14/h2-5,11H,6-10H2,1H3,(H,15,16). The van der Waals surface area contributed by atoms with Crippen LogP contribution in [0.4, 0.5) is 5.13 Å². The van der Waals surface area contributed by atoms with Crippen molar-refractivity contribution in [3.05, 3.63) is 24.3 Å². The first-order valence-corrected chi connectivity index (χ1v) is 7.55. The Morgan fingerprint density at radius 3 is 2.95 bits per heavy atom. The Morgan fingerprint density at radius 1 is 1.37 bits per heavy atom. The summed E-state index contributed by atoms with van der Waals surface area (Å²) in [6.07, 6.45) is 0. The van der Waals surface area contributed by atoms with Crippen LogP contribution in [-0.2, 0) is 4.74 Å². The zero-order valence-corrected chi connectivity index (χ0v) is 11.9. The number of para-hydroxylation sites is 1. The minimum atomic E-state index is 0.402. The normalized spacial score (nSPS) is 18.6. The van der Waals surface area contributed by atoms with Gasteiger partial charge >= 0.3 is 0 Å². The van der Waals surface area contributed by atoms with Gasteiger partial charge in [-0.3, -0.25) is 4.90 Å². The van der Waals surface area contributed by atoms with Gasteiger partial charge in [0.25, 0.3) is 0 Å². The van der Waals surface area contributed by atoms with Gasteiger partial charge in [0.1, 0.15) is 0 Å². The van der Waals surface area contributed by atoms with Crippen LogP contribution in [0.1, 0.15) is 6.92 Å². The summed E-state index contributed by atoms with van der Waals surface area (Å²) in [6, 6.07) is 8.66. The van der Waals surface area contributed by atoms with Crippen molar-refractivity contribution in [2.24, 2.45) is 0 Å². The number of nitrogens with one attached hydrogen (secondary N) is 1. The zero-order chi connectivity index (χ0) is 13.1. The first-order chi connectivity index (χ1) is 9.31. The van der Waals surface area contributed by atoms with E-state index in [2.05, 4.69) is 40.3 Å². The lowest BCUT2D eigenvalue weighted by atomic mass is 10.3. The highest BCUT2D eigenvalue weighted by Gasteiger charge is 2.14. The molecular formula is C14H19N3OS. The number of aromatic nitrogens is 1. The molecule has 1 aromatic heterocycles. The molecule has 19 heavy (non-hydrogen) atoms. The highest BCUT2D eigenvalue weighted by atomic mass is 32.1. The largest absolute Gasteiger partial charge is 0.379 e. The predicted octanol–water partition coefficient (Wildman–Crippen LogP) is 2.43. The van der Waals surface area contributed by atoms with Gasteiger partial charge in [0.05, 0.1) is 23.4 Å². The number of hydrogen-bond donors (Lipinski definition) is 1. The number of morpholine rings is 1. The van der Waals surface area contributed by atoms with Crippen molar-refractivity contribution in [1.29, 1.82) is 0 Å². The molecule has 3 rings (SSSR count). The molecule has 2 aromatic rings. The van der Waals surface area contributed by atoms with Crippen molar-refractivity contribution in [2.75, 3.05) is 38.2 Å². The molecule has 0 amide bonds. The fourth-order valence-electron chi connectivity index (χ4n) is 2.36. The Morgan fingerprint density at radius 2 is 2.16 bits per heavy atom. The maximum Gasteiger partial charge on any atom is 0.184 e. The first-order valence-electron chi connectivity index (χ1n) is 6.73. The minimum Gasteiger partial charge on any atom is -0.379 e. The van der Waals surface area contributed by atoms with Crippen molar-refractivity contribution in [1.82, 2.24) is 9.88 Å². The Bertz CT molecular complexity index is 503. The molecule has 1 aliphatic rings. The summed E-state index contributed by atoms with van der Waals surface area (Å²) in [5.41, 5.74) is 1.08. The SMILES string of the molecule is CC(CN1CCOCC1)Nc1nc2ccccc2s1. The Kier molecular flexibility index (Phi) is 3.96. The van der Waals surface area contributed by atoms with Gasteiger partial charge in [-0.1, -0.05) is 23.5 Å². The topological polar surface area (TPSA) is 37.4 Å². The number of hydrogen-bond acceptors (Lipinski definition) is 5. The molecule has 1 aromatic carbocycles. The smallest absolute Gasteiger partial charge is 0.184 e. The molecule has 1 unspecified atom stereocenters. The number of benzene rings is 1. The van der Waals surface area contributed by atoms with Gasteiger partial charge < -0.3 is 10.1 Å². The Balaban J connectivity index is 1.60. The highest BCUT2D eigenvalue weighted by Crippen LogP contribution is 2.25. The van der Waals surface area contributed by atoms with Gasteiger partial charge in [-0.15, -0.1) is 0 Å². The van der Waals surface area contributed by atoms with Crippen LogP contribution in [0.5, 0.6) is 0 Å². The van der Waals surface area contributed by atoms with E-state index in [-0.39, 0.29) is 0 Å². The van der Waals surface area contributed by atoms with Crippen LogP contribution in [0.2, 0.25) is 0 Å². The van der Waals surface area contributed by atoms with Crippen molar-refractivity contribution in [3.8, 4) is 0 Å². The fourth-order valence-corrected chi connectivity index (χ4v) is 3.34. The summed E-state index contributed by atoms with van der Waals surface area (Å²) in [5, 5.41) is 4.52. The second-order valence-electron chi connectivity index (χ2n) is 4.95. The number of nitrogens with zero attached hydrogens (tertiary/aromatic N) is 2. The van der Waals surface area contributed by atoms with E-state index < -0.39 is 0 Å². The van der Waals surface area contributed by atoms with Crippen LogP contribution in [-0.4, -0.2) is 48.8 Å². The van der Waals surface area contributed by atoms with Gasteiger partial charge in [-0.05, 0) is 19.1 Å². The van der Waals surface area contributed by atoms with Gasteiger partial charge in [-0.2, -0.15) is 0 Å². The van der Waals surface area contributed by atoms with E-state index in [4.69, 9.17) is 4.74 Å². The molecule has 0 aliphatic carbocycles. The van der Waals surface area contributed by atoms with Crippen molar-refractivity contribution in [3.63, 3.8) is 0 Å². The molecule has 1 aliphatic heterocycles. The quantitative estimate of drug-likeness (QED) is 0.931. The van der Waals surface area contributed by atoms with Crippen LogP contribution >= 0.6 is 11.3 Å². The third-order valence-corrected chi connectivity index (χ3v) is 4.27. The first kappa shape index (κ1) is 12.8. The molecule has 2 heterocycles. The molecular weight excluding hydrogens is 258 g/mol. The number of rotatable bonds is 4. The van der Waals surface area contributed by atoms with E-state index in [1.165, 1.54) is 4.70 Å². The van der Waals surface area contributed by atoms with E-state index in [0.29, 0.717) is 6.04 Å². The Hall–Kier alpha value is -1.17. The van der Waals surface area contributed by atoms with Gasteiger partial charge in [0, 0.05) is 25.7 Å². The molecule has 1 saturated heterocycles. The summed E-state index contributed by atoms with van der Waals surface area (Å²) in [6.45, 7) is 7.03. The molecule has 4 nitrogen and oxygen atoms in total. The third-order valence-electron chi connectivity index (χ3n) is 3.30. The van der Waals surface area contributed by atoms with Crippen LogP contribution in [0.15, 0.2) is 24.3 Å². The van der Waals surface area contributed by atoms with Crippen LogP contribution in [0.25, 0.3) is 10.2 Å². The van der Waals surface area contributed by atoms with Gasteiger partial charge in [0.15, 0.2) is 5.13 Å². The fraction of sp³-hybridized carbons (Fsp3) is 0.500. The second kappa shape index (κ2) is 5.86. The highest BCUT2D eigenvalue weighted by molar-refractivity contribution is 7.22. The average molecular weight is 277 g/mol. The molecule has 1 atom stereocenters. The van der Waals surface area contributed by atoms with Gasteiger partial charge in [-0.25, -0.2) is 4.98 Å². The molecule has 1 N–H and O–H groups in total. The molecule has 5 heteroatoms. The van der Waals surface area contributed by atoms with Crippen molar-refractivity contribution < 1.29 is 4.74 Å². The summed E-state index contributed by atoms with van der Waals surface area (Å²) < 4.78 is 6.61. The lowest BCUT2D eigenvalue weighted by Gasteiger charge is -2.29. The molecule has 0 spiro atoms. The zero-order valence-electron chi connectivity index (χ0n) is 11.1. The van der Waals surface area contributed by atoms with E-state index >= 15 is 0 Å². The number of anilines is 1. The summed E-state index contributed by atoms with van der Waals surface area (Å²) >= 11 is 1.72. The minimum absolute atomic E-state index is 0.402. The van der Waals surface area contributed by atoms with Crippen LogP contribution in [0, 0.1) is 0 Å². The number of ether oxygens (including phenoxy) is 1. The number of thiazole rings is 1. The van der Waals surface area contributed by atoms with Crippen LogP contribution < -0.4 is 5.32 Å². The monoisotopic (exact) mass is 277 g/mol. The average Bonchev–Trinajstić information content (AvgIpc) is 2.81. The van der Waals surface area contributed by atoms with Gasteiger partial charge in [0.2, 0.25) is 0 Å². The van der Waals surface area contributed by atoms with Crippen molar-refractivity contribution in [2.45, 2.75) is 13.0 Å². The van der Waals surface area contributed by atoms with Crippen molar-refractivity contribution >= 4 is 26.7 Å². The molecule has 102 valence electrons. The lowest BCUT2D eigenvalue weighted by Crippen LogP contribution is -2.42. The van der Waals surface area contributed by atoms with Crippen LogP contribution in [0.3, 0.4) is 0 Å². The predicted molar refractivity (Wildman–Crippen MR) is 80.0 cm³/mol. The maximum absolute atomic E-state index is 5.37. The van der Waals surface area contributed by atoms with E-state index in [1.54, 1.807) is 11.3 Å². The molecule has 0 bridgehead atoms. The van der Waals surface area contributed by atoms with E-state index in [9.17, 15) is 0 Å². The second-order valence-corrected chi connectivity index (χ2v) is 5.98. The summed E-state index contributed by atoms with van der Waals surface area (Å²) in [5.74, 6) is 0. The maximum atomic E-state index is 5.37. The van der Waals surface area contributed by atoms with E-state index in [1.807, 2.05) is 6.07 Å². The lowest BCUT2D eigenvalue weighted by molar-refractivity contribution is 0.0368. The summed E-state index contributed by atoms with van der Waals surface area (Å²) in [7, 11) is 0. The number of fused-ring (bicyclic) bond motifs is 1. The third kappa shape index (κ3) is 3.23. The Labute approximate surface area is 117 Å². The molecule has 0 radical (unpaired) electrons. The summed E-state index contributed by atoms with van der Waals surface area (Å²) in [4.78, 5) is 7.05.